The average Bonchev–Trinajstić information content (AvgIpc) is 2.72. The molecule has 1 fully saturated rings. The van der Waals surface area contributed by atoms with Gasteiger partial charge < -0.3 is 4.90 Å². The van der Waals surface area contributed by atoms with E-state index in [4.69, 9.17) is 0 Å². The predicted octanol–water partition coefficient (Wildman–Crippen LogP) is 1.39. The number of rotatable bonds is 4. The molecule has 0 unspecified atom stereocenters. The molecule has 1 aromatic carbocycles. The summed E-state index contributed by atoms with van der Waals surface area (Å²) in [7, 11) is 1.76. The highest BCUT2D eigenvalue weighted by Gasteiger charge is 2.19. The van der Waals surface area contributed by atoms with E-state index in [-0.39, 0.29) is 17.2 Å². The van der Waals surface area contributed by atoms with Gasteiger partial charge in [-0.3, -0.25) is 23.6 Å². The number of piperazine rings is 1. The Morgan fingerprint density at radius 2 is 1.79 bits per heavy atom. The molecule has 8 heteroatoms. The van der Waals surface area contributed by atoms with Crippen molar-refractivity contribution in [3.8, 4) is 0 Å². The smallest absolute Gasteiger partial charge is 0.261 e. The molecule has 8 nitrogen and oxygen atoms in total. The maximum atomic E-state index is 12.6. The van der Waals surface area contributed by atoms with Crippen LogP contribution in [0.25, 0.3) is 10.9 Å². The number of fused-ring (bicyclic) bond motifs is 1. The Kier molecular flexibility index (Phi) is 5.19. The lowest BCUT2D eigenvalue weighted by molar-refractivity contribution is 0.240. The van der Waals surface area contributed by atoms with Gasteiger partial charge in [-0.25, -0.2) is 9.97 Å². The molecule has 0 saturated carbocycles. The molecular weight excluding hydrogens is 368 g/mol. The molecule has 0 N–H and O–H groups in total. The zero-order valence-corrected chi connectivity index (χ0v) is 17.1. The van der Waals surface area contributed by atoms with E-state index in [0.717, 1.165) is 43.2 Å². The molecule has 3 aromatic rings. The number of aromatic nitrogens is 4. The summed E-state index contributed by atoms with van der Waals surface area (Å²) in [4.78, 5) is 37.8. The van der Waals surface area contributed by atoms with Crippen molar-refractivity contribution in [1.82, 2.24) is 24.0 Å². The van der Waals surface area contributed by atoms with Gasteiger partial charge in [-0.2, -0.15) is 0 Å². The monoisotopic (exact) mass is 394 g/mol. The molecule has 152 valence electrons. The summed E-state index contributed by atoms with van der Waals surface area (Å²) in [5.74, 6) is 0.780. The summed E-state index contributed by atoms with van der Waals surface area (Å²) in [6, 6.07) is 7.46. The first kappa shape index (κ1) is 19.3. The van der Waals surface area contributed by atoms with E-state index in [2.05, 4.69) is 19.8 Å². The van der Waals surface area contributed by atoms with Crippen LogP contribution in [-0.2, 0) is 13.6 Å². The third-order valence-corrected chi connectivity index (χ3v) is 5.58. The molecule has 4 rings (SSSR count). The van der Waals surface area contributed by atoms with Crippen molar-refractivity contribution >= 4 is 16.6 Å². The van der Waals surface area contributed by atoms with Gasteiger partial charge in [0, 0.05) is 57.2 Å². The molecule has 0 spiro atoms. The van der Waals surface area contributed by atoms with E-state index in [1.165, 1.54) is 6.07 Å². The Labute approximate surface area is 169 Å². The molecule has 0 radical (unpaired) electrons. The summed E-state index contributed by atoms with van der Waals surface area (Å²) in [5.41, 5.74) is 1.78. The number of hydrogen-bond donors (Lipinski definition) is 0. The molecule has 2 aromatic heterocycles. The van der Waals surface area contributed by atoms with Gasteiger partial charge in [0.25, 0.3) is 11.1 Å². The molecule has 0 amide bonds. The Bertz CT molecular complexity index is 1140. The van der Waals surface area contributed by atoms with Crippen LogP contribution in [0.3, 0.4) is 0 Å². The van der Waals surface area contributed by atoms with Crippen molar-refractivity contribution in [3.63, 3.8) is 0 Å². The van der Waals surface area contributed by atoms with Gasteiger partial charge in [0.05, 0.1) is 23.8 Å². The molecule has 3 heterocycles. The van der Waals surface area contributed by atoms with Gasteiger partial charge in [0.2, 0.25) is 0 Å². The molecule has 0 atom stereocenters. The van der Waals surface area contributed by atoms with Gasteiger partial charge in [0.1, 0.15) is 5.82 Å². The maximum absolute atomic E-state index is 12.6. The molecule has 0 aliphatic carbocycles. The second-order valence-corrected chi connectivity index (χ2v) is 7.77. The minimum atomic E-state index is -0.0335. The van der Waals surface area contributed by atoms with Crippen LogP contribution in [0.15, 0.2) is 46.4 Å². The van der Waals surface area contributed by atoms with E-state index < -0.39 is 0 Å². The van der Waals surface area contributed by atoms with Gasteiger partial charge in [0.15, 0.2) is 0 Å². The highest BCUT2D eigenvalue weighted by Crippen LogP contribution is 2.21. The van der Waals surface area contributed by atoms with Crippen molar-refractivity contribution in [2.24, 2.45) is 7.05 Å². The molecule has 1 aliphatic heterocycles. The van der Waals surface area contributed by atoms with Crippen LogP contribution in [0.4, 0.5) is 5.69 Å². The standard InChI is InChI=1S/C21H26N6O2/c1-15(2)27-14-23-18-12-16(4-5-17(18)21(27)29)26-10-8-25(9-11-26)13-19-22-7-6-20(28)24(19)3/h4-7,12,14-15H,8-11,13H2,1-3H3. The fourth-order valence-electron chi connectivity index (χ4n) is 3.71. The highest BCUT2D eigenvalue weighted by molar-refractivity contribution is 5.81. The first-order valence-corrected chi connectivity index (χ1v) is 9.93. The van der Waals surface area contributed by atoms with Crippen molar-refractivity contribution in [1.29, 1.82) is 0 Å². The Balaban J connectivity index is 1.47. The quantitative estimate of drug-likeness (QED) is 0.666. The summed E-state index contributed by atoms with van der Waals surface area (Å²) in [6.07, 6.45) is 3.21. The van der Waals surface area contributed by atoms with Crippen molar-refractivity contribution in [3.05, 3.63) is 63.3 Å². The first-order chi connectivity index (χ1) is 13.9. The second-order valence-electron chi connectivity index (χ2n) is 7.77. The largest absolute Gasteiger partial charge is 0.369 e. The zero-order valence-electron chi connectivity index (χ0n) is 17.1. The highest BCUT2D eigenvalue weighted by atomic mass is 16.1. The second kappa shape index (κ2) is 7.79. The van der Waals surface area contributed by atoms with Crippen LogP contribution in [0.5, 0.6) is 0 Å². The van der Waals surface area contributed by atoms with Gasteiger partial charge in [-0.05, 0) is 32.0 Å². The van der Waals surface area contributed by atoms with Crippen LogP contribution in [-0.4, -0.2) is 50.2 Å². The molecular formula is C21H26N6O2. The van der Waals surface area contributed by atoms with E-state index in [1.54, 1.807) is 28.7 Å². The first-order valence-electron chi connectivity index (χ1n) is 9.93. The van der Waals surface area contributed by atoms with E-state index in [9.17, 15) is 9.59 Å². The summed E-state index contributed by atoms with van der Waals surface area (Å²) >= 11 is 0. The third kappa shape index (κ3) is 3.80. The minimum absolute atomic E-state index is 0.00217. The van der Waals surface area contributed by atoms with Crippen molar-refractivity contribution < 1.29 is 0 Å². The SMILES string of the molecule is CC(C)n1cnc2cc(N3CCN(Cc4nccc(=O)n4C)CC3)ccc2c1=O. The van der Waals surface area contributed by atoms with E-state index in [1.807, 2.05) is 32.0 Å². The van der Waals surface area contributed by atoms with Gasteiger partial charge in [-0.1, -0.05) is 0 Å². The molecule has 29 heavy (non-hydrogen) atoms. The van der Waals surface area contributed by atoms with Crippen LogP contribution in [0.1, 0.15) is 25.7 Å². The van der Waals surface area contributed by atoms with Crippen LogP contribution < -0.4 is 16.0 Å². The van der Waals surface area contributed by atoms with Gasteiger partial charge >= 0.3 is 0 Å². The number of anilines is 1. The Hall–Kier alpha value is -3.00. The minimum Gasteiger partial charge on any atom is -0.369 e. The number of hydrogen-bond acceptors (Lipinski definition) is 6. The lowest BCUT2D eigenvalue weighted by Crippen LogP contribution is -2.46. The Morgan fingerprint density at radius 3 is 2.52 bits per heavy atom. The topological polar surface area (TPSA) is 76.3 Å². The van der Waals surface area contributed by atoms with Crippen LogP contribution in [0, 0.1) is 0 Å². The van der Waals surface area contributed by atoms with Crippen LogP contribution >= 0.6 is 0 Å². The lowest BCUT2D eigenvalue weighted by Gasteiger charge is -2.36. The fraction of sp³-hybridized carbons (Fsp3) is 0.429. The summed E-state index contributed by atoms with van der Waals surface area (Å²) in [5, 5.41) is 0.652. The predicted molar refractivity (Wildman–Crippen MR) is 113 cm³/mol. The molecule has 1 aliphatic rings. The third-order valence-electron chi connectivity index (χ3n) is 5.58. The Morgan fingerprint density at radius 1 is 1.03 bits per heavy atom. The maximum Gasteiger partial charge on any atom is 0.261 e. The summed E-state index contributed by atoms with van der Waals surface area (Å²) in [6.45, 7) is 8.12. The van der Waals surface area contributed by atoms with E-state index >= 15 is 0 Å². The zero-order chi connectivity index (χ0) is 20.5. The molecule has 1 saturated heterocycles. The fourth-order valence-corrected chi connectivity index (χ4v) is 3.71. The lowest BCUT2D eigenvalue weighted by atomic mass is 10.2. The van der Waals surface area contributed by atoms with E-state index in [0.29, 0.717) is 11.9 Å². The van der Waals surface area contributed by atoms with Crippen LogP contribution in [0.2, 0.25) is 0 Å². The molecule has 0 bridgehead atoms. The van der Waals surface area contributed by atoms with Gasteiger partial charge in [-0.15, -0.1) is 0 Å². The average molecular weight is 394 g/mol. The summed E-state index contributed by atoms with van der Waals surface area (Å²) < 4.78 is 3.26. The van der Waals surface area contributed by atoms with Crippen molar-refractivity contribution in [2.45, 2.75) is 26.4 Å². The van der Waals surface area contributed by atoms with Crippen molar-refractivity contribution in [2.75, 3.05) is 31.1 Å². The number of nitrogens with zero attached hydrogens (tertiary/aromatic N) is 6. The normalized spacial score (nSPS) is 15.4. The number of benzene rings is 1.